The Morgan fingerprint density at radius 1 is 1.07 bits per heavy atom. The van der Waals surface area contributed by atoms with Gasteiger partial charge in [-0.1, -0.05) is 37.3 Å². The Hall–Kier alpha value is -2.08. The van der Waals surface area contributed by atoms with Crippen molar-refractivity contribution in [3.05, 3.63) is 47.5 Å². The van der Waals surface area contributed by atoms with E-state index in [2.05, 4.69) is 31.2 Å². The lowest BCUT2D eigenvalue weighted by Gasteiger charge is -2.31. The molecule has 1 aromatic rings. The molecule has 2 saturated carbocycles. The number of ether oxygens (including phenoxy) is 1. The molecular formula is C26H35NO2. The van der Waals surface area contributed by atoms with Gasteiger partial charge < -0.3 is 4.74 Å². The smallest absolute Gasteiger partial charge is 0.309 e. The van der Waals surface area contributed by atoms with Gasteiger partial charge in [0.05, 0.1) is 12.0 Å². The topological polar surface area (TPSA) is 50.1 Å². The highest BCUT2D eigenvalue weighted by Gasteiger charge is 2.31. The standard InChI is InChI=1S/C26H35NO2/c1-2-20-7-11-22(12-8-20)23-13-15-24(16-14-23)26(28)29-25-17-9-21(10-18-25)6-4-3-5-19-27/h3,5,7-8,11-12,21,23-25H,2,4,6,9-10,13-18H2,1H3/t21-,23-,24-,25-. The number of benzene rings is 1. The fraction of sp³-hybridized carbons (Fsp3) is 0.615. The first-order valence-electron chi connectivity index (χ1n) is 11.5. The maximum absolute atomic E-state index is 12.7. The molecule has 0 amide bonds. The van der Waals surface area contributed by atoms with Gasteiger partial charge in [-0.2, -0.15) is 5.26 Å². The first kappa shape index (κ1) is 21.6. The molecule has 3 nitrogen and oxygen atoms in total. The van der Waals surface area contributed by atoms with Gasteiger partial charge in [0.25, 0.3) is 0 Å². The van der Waals surface area contributed by atoms with Crippen molar-refractivity contribution in [3.63, 3.8) is 0 Å². The highest BCUT2D eigenvalue weighted by Crippen LogP contribution is 2.37. The second-order valence-electron chi connectivity index (χ2n) is 8.83. The molecular weight excluding hydrogens is 358 g/mol. The van der Waals surface area contributed by atoms with E-state index >= 15 is 0 Å². The van der Waals surface area contributed by atoms with Gasteiger partial charge in [0.2, 0.25) is 0 Å². The molecule has 2 aliphatic carbocycles. The monoisotopic (exact) mass is 393 g/mol. The van der Waals surface area contributed by atoms with Crippen molar-refractivity contribution in [3.8, 4) is 6.07 Å². The van der Waals surface area contributed by atoms with Crippen LogP contribution in [0.15, 0.2) is 36.4 Å². The van der Waals surface area contributed by atoms with Crippen LogP contribution in [0.5, 0.6) is 0 Å². The number of rotatable bonds is 7. The Labute approximate surface area is 176 Å². The number of hydrogen-bond acceptors (Lipinski definition) is 3. The Kier molecular flexibility index (Phi) is 8.35. The summed E-state index contributed by atoms with van der Waals surface area (Å²) < 4.78 is 5.90. The quantitative estimate of drug-likeness (QED) is 0.393. The highest BCUT2D eigenvalue weighted by molar-refractivity contribution is 5.72. The van der Waals surface area contributed by atoms with Crippen LogP contribution in [0.2, 0.25) is 0 Å². The number of carbonyl (C=O) groups excluding carboxylic acids is 1. The molecule has 1 aromatic carbocycles. The van der Waals surface area contributed by atoms with Crippen molar-refractivity contribution in [2.75, 3.05) is 0 Å². The summed E-state index contributed by atoms with van der Waals surface area (Å²) in [5, 5.41) is 8.54. The van der Waals surface area contributed by atoms with Crippen LogP contribution in [0.3, 0.4) is 0 Å². The van der Waals surface area contributed by atoms with E-state index in [4.69, 9.17) is 10.00 Å². The predicted molar refractivity (Wildman–Crippen MR) is 116 cm³/mol. The Morgan fingerprint density at radius 3 is 2.38 bits per heavy atom. The van der Waals surface area contributed by atoms with E-state index in [9.17, 15) is 4.79 Å². The van der Waals surface area contributed by atoms with Gasteiger partial charge in [-0.25, -0.2) is 0 Å². The summed E-state index contributed by atoms with van der Waals surface area (Å²) in [6.45, 7) is 2.19. The zero-order valence-corrected chi connectivity index (χ0v) is 17.8. The Bertz CT molecular complexity index is 699. The number of esters is 1. The molecule has 156 valence electrons. The summed E-state index contributed by atoms with van der Waals surface area (Å²) in [6.07, 6.45) is 15.2. The average molecular weight is 394 g/mol. The number of nitriles is 1. The van der Waals surface area contributed by atoms with Crippen molar-refractivity contribution in [1.82, 2.24) is 0 Å². The number of carbonyl (C=O) groups is 1. The Morgan fingerprint density at radius 2 is 1.76 bits per heavy atom. The summed E-state index contributed by atoms with van der Waals surface area (Å²) in [6, 6.07) is 11.1. The van der Waals surface area contributed by atoms with Gasteiger partial charge in [-0.15, -0.1) is 0 Å². The third-order valence-electron chi connectivity index (χ3n) is 6.93. The molecule has 0 N–H and O–H groups in total. The van der Waals surface area contributed by atoms with E-state index in [-0.39, 0.29) is 18.0 Å². The van der Waals surface area contributed by atoms with Crippen LogP contribution in [0.1, 0.15) is 88.2 Å². The second-order valence-corrected chi connectivity index (χ2v) is 8.83. The van der Waals surface area contributed by atoms with Crippen molar-refractivity contribution in [2.24, 2.45) is 11.8 Å². The summed E-state index contributed by atoms with van der Waals surface area (Å²) in [7, 11) is 0. The van der Waals surface area contributed by atoms with Gasteiger partial charge in [-0.3, -0.25) is 4.79 Å². The minimum Gasteiger partial charge on any atom is -0.462 e. The van der Waals surface area contributed by atoms with Crippen molar-refractivity contribution >= 4 is 5.97 Å². The molecule has 0 unspecified atom stereocenters. The molecule has 0 aliphatic heterocycles. The van der Waals surface area contributed by atoms with Crippen LogP contribution in [0.4, 0.5) is 0 Å². The van der Waals surface area contributed by atoms with E-state index in [0.29, 0.717) is 11.8 Å². The first-order valence-corrected chi connectivity index (χ1v) is 11.5. The number of nitrogens with zero attached hydrogens (tertiary/aromatic N) is 1. The molecule has 0 radical (unpaired) electrons. The zero-order valence-electron chi connectivity index (χ0n) is 17.8. The molecule has 0 atom stereocenters. The lowest BCUT2D eigenvalue weighted by atomic mass is 9.78. The van der Waals surface area contributed by atoms with Crippen LogP contribution in [0, 0.1) is 23.2 Å². The summed E-state index contributed by atoms with van der Waals surface area (Å²) >= 11 is 0. The van der Waals surface area contributed by atoms with Gasteiger partial charge in [0.1, 0.15) is 6.10 Å². The normalized spacial score (nSPS) is 27.4. The zero-order chi connectivity index (χ0) is 20.5. The predicted octanol–water partition coefficient (Wildman–Crippen LogP) is 6.48. The van der Waals surface area contributed by atoms with Crippen molar-refractivity contribution in [1.29, 1.82) is 5.26 Å². The molecule has 2 aliphatic rings. The second kappa shape index (κ2) is 11.2. The average Bonchev–Trinajstić information content (AvgIpc) is 2.78. The Balaban J connectivity index is 1.37. The maximum Gasteiger partial charge on any atom is 0.309 e. The molecule has 0 heterocycles. The summed E-state index contributed by atoms with van der Waals surface area (Å²) in [4.78, 5) is 12.7. The van der Waals surface area contributed by atoms with Gasteiger partial charge in [-0.05, 0) is 93.6 Å². The largest absolute Gasteiger partial charge is 0.462 e. The van der Waals surface area contributed by atoms with E-state index in [1.54, 1.807) is 6.08 Å². The maximum atomic E-state index is 12.7. The van der Waals surface area contributed by atoms with Crippen LogP contribution >= 0.6 is 0 Å². The summed E-state index contributed by atoms with van der Waals surface area (Å²) in [5.41, 5.74) is 2.82. The number of aryl methyl sites for hydroxylation is 1. The third-order valence-corrected chi connectivity index (χ3v) is 6.93. The van der Waals surface area contributed by atoms with Gasteiger partial charge >= 0.3 is 5.97 Å². The highest BCUT2D eigenvalue weighted by atomic mass is 16.5. The number of hydrogen-bond donors (Lipinski definition) is 0. The summed E-state index contributed by atoms with van der Waals surface area (Å²) in [5.74, 6) is 1.44. The van der Waals surface area contributed by atoms with E-state index in [1.165, 1.54) is 11.1 Å². The minimum absolute atomic E-state index is 0.0465. The molecule has 0 saturated heterocycles. The SMILES string of the molecule is CCc1ccc([C@H]2CC[C@H](C(=O)O[C@H]3CC[C@H](CCC=CC#N)CC3)CC2)cc1. The minimum atomic E-state index is 0.0465. The van der Waals surface area contributed by atoms with Crippen molar-refractivity contribution in [2.45, 2.75) is 89.6 Å². The fourth-order valence-electron chi connectivity index (χ4n) is 4.95. The molecule has 2 fully saturated rings. The van der Waals surface area contributed by atoms with E-state index in [0.717, 1.165) is 70.6 Å². The van der Waals surface area contributed by atoms with Crippen LogP contribution in [0.25, 0.3) is 0 Å². The van der Waals surface area contributed by atoms with Crippen LogP contribution in [-0.4, -0.2) is 12.1 Å². The van der Waals surface area contributed by atoms with Crippen LogP contribution in [-0.2, 0) is 16.0 Å². The number of allylic oxidation sites excluding steroid dienone is 2. The first-order chi connectivity index (χ1) is 14.2. The van der Waals surface area contributed by atoms with E-state index in [1.807, 2.05) is 12.1 Å². The van der Waals surface area contributed by atoms with Crippen molar-refractivity contribution < 1.29 is 9.53 Å². The molecule has 0 aromatic heterocycles. The lowest BCUT2D eigenvalue weighted by molar-refractivity contribution is -0.157. The third kappa shape index (κ3) is 6.46. The molecule has 0 bridgehead atoms. The van der Waals surface area contributed by atoms with Gasteiger partial charge in [0, 0.05) is 6.08 Å². The molecule has 3 rings (SSSR count). The molecule has 29 heavy (non-hydrogen) atoms. The van der Waals surface area contributed by atoms with E-state index < -0.39 is 0 Å². The lowest BCUT2D eigenvalue weighted by Crippen LogP contribution is -2.29. The molecule has 0 spiro atoms. The fourth-order valence-corrected chi connectivity index (χ4v) is 4.95. The van der Waals surface area contributed by atoms with Crippen LogP contribution < -0.4 is 0 Å². The van der Waals surface area contributed by atoms with Gasteiger partial charge in [0.15, 0.2) is 0 Å². The molecule has 3 heteroatoms.